The molecule has 0 radical (unpaired) electrons. The minimum Gasteiger partial charge on any atom is -0.314 e. The normalized spacial score (nSPS) is 17.9. The van der Waals surface area contributed by atoms with E-state index in [0.29, 0.717) is 5.56 Å². The van der Waals surface area contributed by atoms with E-state index in [2.05, 4.69) is 10.2 Å². The molecule has 1 saturated heterocycles. The topological polar surface area (TPSA) is 15.3 Å². The second-order valence-corrected chi connectivity index (χ2v) is 5.82. The maximum absolute atomic E-state index is 13.6. The van der Waals surface area contributed by atoms with Crippen molar-refractivity contribution in [3.8, 4) is 0 Å². The van der Waals surface area contributed by atoms with Crippen molar-refractivity contribution in [2.75, 3.05) is 26.2 Å². The Balaban J connectivity index is 2.02. The average Bonchev–Trinajstić information content (AvgIpc) is 3.00. The highest BCUT2D eigenvalue weighted by Crippen LogP contribution is 2.32. The minimum atomic E-state index is -1.41. The summed E-state index contributed by atoms with van der Waals surface area (Å²) in [7, 11) is 0. The van der Waals surface area contributed by atoms with Crippen LogP contribution in [0.4, 0.5) is 13.2 Å². The van der Waals surface area contributed by atoms with E-state index in [1.54, 1.807) is 0 Å². The zero-order valence-corrected chi connectivity index (χ0v) is 12.1. The molecule has 2 heterocycles. The van der Waals surface area contributed by atoms with E-state index in [1.165, 1.54) is 11.3 Å². The van der Waals surface area contributed by atoms with Crippen molar-refractivity contribution in [1.82, 2.24) is 10.2 Å². The molecule has 1 aromatic carbocycles. The zero-order chi connectivity index (χ0) is 14.8. The van der Waals surface area contributed by atoms with Crippen molar-refractivity contribution in [2.24, 2.45) is 0 Å². The van der Waals surface area contributed by atoms with Gasteiger partial charge in [0.2, 0.25) is 0 Å². The minimum absolute atomic E-state index is 0.247. The number of benzene rings is 1. The fourth-order valence-corrected chi connectivity index (χ4v) is 3.40. The largest absolute Gasteiger partial charge is 0.314 e. The van der Waals surface area contributed by atoms with Crippen LogP contribution in [0.25, 0.3) is 0 Å². The molecule has 0 aliphatic carbocycles. The first-order valence-electron chi connectivity index (χ1n) is 6.78. The number of hydrogen-bond donors (Lipinski definition) is 1. The van der Waals surface area contributed by atoms with Crippen molar-refractivity contribution >= 4 is 11.3 Å². The third-order valence-electron chi connectivity index (χ3n) is 3.70. The maximum Gasteiger partial charge on any atom is 0.194 e. The fourth-order valence-electron chi connectivity index (χ4n) is 2.72. The Morgan fingerprint density at radius 1 is 1.05 bits per heavy atom. The third-order valence-corrected chi connectivity index (χ3v) is 4.40. The molecule has 21 heavy (non-hydrogen) atoms. The van der Waals surface area contributed by atoms with Crippen LogP contribution in [-0.4, -0.2) is 31.1 Å². The van der Waals surface area contributed by atoms with E-state index in [9.17, 15) is 13.2 Å². The monoisotopic (exact) mass is 312 g/mol. The molecule has 6 heteroatoms. The predicted octanol–water partition coefficient (Wildman–Crippen LogP) is 3.16. The number of piperazine rings is 1. The SMILES string of the molecule is Fc1cc([C@@H](c2ccsc2)N2CCNCC2)cc(F)c1F. The van der Waals surface area contributed by atoms with Gasteiger partial charge in [0.1, 0.15) is 0 Å². The molecular weight excluding hydrogens is 297 g/mol. The Kier molecular flexibility index (Phi) is 4.28. The lowest BCUT2D eigenvalue weighted by Crippen LogP contribution is -2.45. The zero-order valence-electron chi connectivity index (χ0n) is 11.3. The lowest BCUT2D eigenvalue weighted by atomic mass is 9.98. The molecule has 1 aliphatic rings. The Morgan fingerprint density at radius 2 is 1.71 bits per heavy atom. The van der Waals surface area contributed by atoms with E-state index in [0.717, 1.165) is 43.9 Å². The van der Waals surface area contributed by atoms with Gasteiger partial charge in [-0.05, 0) is 40.1 Å². The van der Waals surface area contributed by atoms with Crippen molar-refractivity contribution < 1.29 is 13.2 Å². The molecule has 3 rings (SSSR count). The van der Waals surface area contributed by atoms with E-state index in [-0.39, 0.29) is 6.04 Å². The van der Waals surface area contributed by atoms with Gasteiger partial charge in [0.15, 0.2) is 17.5 Å². The highest BCUT2D eigenvalue weighted by Gasteiger charge is 2.26. The van der Waals surface area contributed by atoms with Gasteiger partial charge >= 0.3 is 0 Å². The standard InChI is InChI=1S/C15H15F3N2S/c16-12-7-11(8-13(17)14(12)18)15(10-1-6-21-9-10)20-4-2-19-3-5-20/h1,6-9,15,19H,2-5H2/t15-/m1/s1. The molecule has 0 saturated carbocycles. The smallest absolute Gasteiger partial charge is 0.194 e. The van der Waals surface area contributed by atoms with Crippen LogP contribution >= 0.6 is 11.3 Å². The van der Waals surface area contributed by atoms with Gasteiger partial charge in [-0.25, -0.2) is 13.2 Å². The van der Waals surface area contributed by atoms with Crippen LogP contribution in [0.5, 0.6) is 0 Å². The van der Waals surface area contributed by atoms with Gasteiger partial charge in [0, 0.05) is 26.2 Å². The van der Waals surface area contributed by atoms with Crippen molar-refractivity contribution in [3.63, 3.8) is 0 Å². The van der Waals surface area contributed by atoms with E-state index in [4.69, 9.17) is 0 Å². The van der Waals surface area contributed by atoms with Gasteiger partial charge in [-0.15, -0.1) is 0 Å². The summed E-state index contributed by atoms with van der Waals surface area (Å²) in [6.45, 7) is 3.21. The predicted molar refractivity (Wildman–Crippen MR) is 76.9 cm³/mol. The maximum atomic E-state index is 13.6. The van der Waals surface area contributed by atoms with E-state index >= 15 is 0 Å². The van der Waals surface area contributed by atoms with E-state index in [1.807, 2.05) is 16.8 Å². The number of thiophene rings is 1. The molecular formula is C15H15F3N2S. The van der Waals surface area contributed by atoms with Crippen LogP contribution in [-0.2, 0) is 0 Å². The summed E-state index contributed by atoms with van der Waals surface area (Å²) in [5.74, 6) is -3.69. The number of hydrogen-bond acceptors (Lipinski definition) is 3. The molecule has 1 fully saturated rings. The molecule has 0 unspecified atom stereocenters. The van der Waals surface area contributed by atoms with Crippen molar-refractivity contribution in [1.29, 1.82) is 0 Å². The highest BCUT2D eigenvalue weighted by molar-refractivity contribution is 7.08. The summed E-state index contributed by atoms with van der Waals surface area (Å²) in [6.07, 6.45) is 0. The summed E-state index contributed by atoms with van der Waals surface area (Å²) >= 11 is 1.53. The molecule has 0 amide bonds. The quantitative estimate of drug-likeness (QED) is 0.876. The van der Waals surface area contributed by atoms with Gasteiger partial charge in [0.05, 0.1) is 6.04 Å². The second-order valence-electron chi connectivity index (χ2n) is 5.04. The molecule has 0 bridgehead atoms. The Bertz CT molecular complexity index is 586. The first kappa shape index (κ1) is 14.6. The summed E-state index contributed by atoms with van der Waals surface area (Å²) in [4.78, 5) is 2.16. The van der Waals surface area contributed by atoms with Gasteiger partial charge in [0.25, 0.3) is 0 Å². The van der Waals surface area contributed by atoms with Gasteiger partial charge in [-0.1, -0.05) is 0 Å². The first-order valence-corrected chi connectivity index (χ1v) is 7.72. The van der Waals surface area contributed by atoms with Crippen molar-refractivity contribution in [3.05, 3.63) is 57.5 Å². The van der Waals surface area contributed by atoms with Crippen LogP contribution < -0.4 is 5.32 Å². The number of nitrogens with one attached hydrogen (secondary N) is 1. The molecule has 1 aliphatic heterocycles. The third kappa shape index (κ3) is 2.97. The lowest BCUT2D eigenvalue weighted by molar-refractivity contribution is 0.198. The molecule has 112 valence electrons. The van der Waals surface area contributed by atoms with Gasteiger partial charge in [-0.2, -0.15) is 11.3 Å². The molecule has 1 N–H and O–H groups in total. The average molecular weight is 312 g/mol. The molecule has 0 spiro atoms. The van der Waals surface area contributed by atoms with Crippen LogP contribution in [0.3, 0.4) is 0 Å². The van der Waals surface area contributed by atoms with Crippen LogP contribution in [0.15, 0.2) is 29.0 Å². The number of nitrogens with zero attached hydrogens (tertiary/aromatic N) is 1. The van der Waals surface area contributed by atoms with Gasteiger partial charge in [-0.3, -0.25) is 4.90 Å². The number of rotatable bonds is 3. The number of halogens is 3. The van der Waals surface area contributed by atoms with E-state index < -0.39 is 17.5 Å². The summed E-state index contributed by atoms with van der Waals surface area (Å²) in [6, 6.07) is 3.89. The van der Waals surface area contributed by atoms with Crippen molar-refractivity contribution in [2.45, 2.75) is 6.04 Å². The first-order chi connectivity index (χ1) is 10.2. The summed E-state index contributed by atoms with van der Waals surface area (Å²) < 4.78 is 40.3. The molecule has 2 aromatic rings. The Hall–Kier alpha value is -1.37. The highest BCUT2D eigenvalue weighted by atomic mass is 32.1. The van der Waals surface area contributed by atoms with Crippen LogP contribution in [0, 0.1) is 17.5 Å². The van der Waals surface area contributed by atoms with Crippen LogP contribution in [0.2, 0.25) is 0 Å². The molecule has 2 nitrogen and oxygen atoms in total. The molecule has 1 atom stereocenters. The lowest BCUT2D eigenvalue weighted by Gasteiger charge is -2.35. The second kappa shape index (κ2) is 6.17. The van der Waals surface area contributed by atoms with Gasteiger partial charge < -0.3 is 5.32 Å². The van der Waals surface area contributed by atoms with Crippen LogP contribution in [0.1, 0.15) is 17.2 Å². The molecule has 1 aromatic heterocycles. The fraction of sp³-hybridized carbons (Fsp3) is 0.333. The summed E-state index contributed by atoms with van der Waals surface area (Å²) in [5.41, 5.74) is 1.43. The Labute approximate surface area is 125 Å². The Morgan fingerprint density at radius 3 is 2.29 bits per heavy atom. The summed E-state index contributed by atoms with van der Waals surface area (Å²) in [5, 5.41) is 7.15.